The van der Waals surface area contributed by atoms with E-state index in [1.54, 1.807) is 6.08 Å². The highest BCUT2D eigenvalue weighted by atomic mass is 35.5. The van der Waals surface area contributed by atoms with E-state index in [1.165, 1.54) is 5.56 Å². The van der Waals surface area contributed by atoms with Crippen LogP contribution in [0.2, 0.25) is 5.02 Å². The van der Waals surface area contributed by atoms with E-state index >= 15 is 0 Å². The minimum atomic E-state index is 0.450. The molecule has 0 aliphatic heterocycles. The molecule has 0 saturated heterocycles. The Labute approximate surface area is 127 Å². The number of halogens is 1. The van der Waals surface area contributed by atoms with Crippen LogP contribution in [0, 0.1) is 6.92 Å². The van der Waals surface area contributed by atoms with E-state index < -0.39 is 0 Å². The Balaban J connectivity index is 1.82. The van der Waals surface area contributed by atoms with Gasteiger partial charge >= 0.3 is 0 Å². The first-order chi connectivity index (χ1) is 10.2. The molecule has 0 atom stereocenters. The Morgan fingerprint density at radius 3 is 2.52 bits per heavy atom. The van der Waals surface area contributed by atoms with Crippen LogP contribution in [-0.4, -0.2) is 10.1 Å². The Morgan fingerprint density at radius 2 is 1.76 bits per heavy atom. The maximum absolute atomic E-state index is 6.09. The molecule has 0 unspecified atom stereocenters. The van der Waals surface area contributed by atoms with Gasteiger partial charge in [0.25, 0.3) is 5.89 Å². The molecular weight excluding hydrogens is 284 g/mol. The first-order valence-corrected chi connectivity index (χ1v) is 6.93. The van der Waals surface area contributed by atoms with Crippen molar-refractivity contribution in [3.63, 3.8) is 0 Å². The summed E-state index contributed by atoms with van der Waals surface area (Å²) in [4.78, 5) is 4.35. The summed E-state index contributed by atoms with van der Waals surface area (Å²) in [6.07, 6.45) is 3.61. The van der Waals surface area contributed by atoms with Crippen LogP contribution in [0.3, 0.4) is 0 Å². The monoisotopic (exact) mass is 296 g/mol. The minimum absolute atomic E-state index is 0.450. The third kappa shape index (κ3) is 3.20. The van der Waals surface area contributed by atoms with Crippen LogP contribution >= 0.6 is 11.6 Å². The highest BCUT2D eigenvalue weighted by molar-refractivity contribution is 6.32. The zero-order valence-electron chi connectivity index (χ0n) is 11.5. The second-order valence-electron chi connectivity index (χ2n) is 4.68. The highest BCUT2D eigenvalue weighted by Gasteiger charge is 2.06. The lowest BCUT2D eigenvalue weighted by Crippen LogP contribution is -1.81. The van der Waals surface area contributed by atoms with Gasteiger partial charge in [0.15, 0.2) is 0 Å². The fourth-order valence-corrected chi connectivity index (χ4v) is 2.09. The smallest absolute Gasteiger partial charge is 0.250 e. The van der Waals surface area contributed by atoms with Gasteiger partial charge in [-0.25, -0.2) is 0 Å². The van der Waals surface area contributed by atoms with Crippen LogP contribution in [0.5, 0.6) is 0 Å². The van der Waals surface area contributed by atoms with Gasteiger partial charge in [0.05, 0.1) is 0 Å². The minimum Gasteiger partial charge on any atom is -0.334 e. The van der Waals surface area contributed by atoms with Crippen LogP contribution in [0.15, 0.2) is 53.1 Å². The molecule has 0 radical (unpaired) electrons. The Bertz CT molecular complexity index is 775. The summed E-state index contributed by atoms with van der Waals surface area (Å²) in [6, 6.07) is 15.6. The first-order valence-electron chi connectivity index (χ1n) is 6.56. The Kier molecular flexibility index (Phi) is 3.84. The summed E-state index contributed by atoms with van der Waals surface area (Å²) in [5.41, 5.74) is 3.04. The zero-order valence-corrected chi connectivity index (χ0v) is 12.2. The SMILES string of the molecule is Cc1ccc(-c2noc(/C=C/c3ccccc3Cl)n2)cc1. The molecule has 3 nitrogen and oxygen atoms in total. The average Bonchev–Trinajstić information content (AvgIpc) is 2.96. The van der Waals surface area contributed by atoms with Crippen molar-refractivity contribution in [3.05, 3.63) is 70.6 Å². The fourth-order valence-electron chi connectivity index (χ4n) is 1.89. The van der Waals surface area contributed by atoms with E-state index in [1.807, 2.05) is 61.5 Å². The fraction of sp³-hybridized carbons (Fsp3) is 0.0588. The van der Waals surface area contributed by atoms with Gasteiger partial charge < -0.3 is 4.52 Å². The lowest BCUT2D eigenvalue weighted by molar-refractivity contribution is 0.411. The second-order valence-corrected chi connectivity index (χ2v) is 5.08. The van der Waals surface area contributed by atoms with Crippen molar-refractivity contribution >= 4 is 23.8 Å². The summed E-state index contributed by atoms with van der Waals surface area (Å²) in [5, 5.41) is 4.67. The normalized spacial score (nSPS) is 11.1. The van der Waals surface area contributed by atoms with Crippen molar-refractivity contribution in [1.29, 1.82) is 0 Å². The third-order valence-corrected chi connectivity index (χ3v) is 3.41. The molecule has 0 aliphatic rings. The van der Waals surface area contributed by atoms with Gasteiger partial charge in [-0.3, -0.25) is 0 Å². The van der Waals surface area contributed by atoms with Crippen molar-refractivity contribution in [2.75, 3.05) is 0 Å². The Morgan fingerprint density at radius 1 is 1.00 bits per heavy atom. The molecule has 0 aliphatic carbocycles. The van der Waals surface area contributed by atoms with Crippen molar-refractivity contribution in [2.24, 2.45) is 0 Å². The van der Waals surface area contributed by atoms with Crippen molar-refractivity contribution in [2.45, 2.75) is 6.92 Å². The number of rotatable bonds is 3. The molecule has 0 amide bonds. The summed E-state index contributed by atoms with van der Waals surface area (Å²) in [7, 11) is 0. The molecule has 4 heteroatoms. The number of hydrogen-bond donors (Lipinski definition) is 0. The molecule has 3 aromatic rings. The lowest BCUT2D eigenvalue weighted by atomic mass is 10.1. The second kappa shape index (κ2) is 5.94. The molecule has 1 heterocycles. The number of hydrogen-bond acceptors (Lipinski definition) is 3. The topological polar surface area (TPSA) is 38.9 Å². The molecule has 0 saturated carbocycles. The van der Waals surface area contributed by atoms with Gasteiger partial charge in [0, 0.05) is 16.7 Å². The van der Waals surface area contributed by atoms with E-state index in [9.17, 15) is 0 Å². The number of aryl methyl sites for hydroxylation is 1. The molecule has 104 valence electrons. The van der Waals surface area contributed by atoms with E-state index in [0.717, 1.165) is 11.1 Å². The molecule has 0 bridgehead atoms. The molecular formula is C17H13ClN2O. The molecule has 2 aromatic carbocycles. The predicted molar refractivity (Wildman–Crippen MR) is 84.9 cm³/mol. The molecule has 0 fully saturated rings. The summed E-state index contributed by atoms with van der Waals surface area (Å²) >= 11 is 6.09. The van der Waals surface area contributed by atoms with Gasteiger partial charge in [0.2, 0.25) is 5.82 Å². The predicted octanol–water partition coefficient (Wildman–Crippen LogP) is 4.87. The van der Waals surface area contributed by atoms with Crippen molar-refractivity contribution in [1.82, 2.24) is 10.1 Å². The van der Waals surface area contributed by atoms with Gasteiger partial charge in [-0.2, -0.15) is 4.98 Å². The quantitative estimate of drug-likeness (QED) is 0.692. The molecule has 1 aromatic heterocycles. The zero-order chi connectivity index (χ0) is 14.7. The first kappa shape index (κ1) is 13.6. The third-order valence-electron chi connectivity index (χ3n) is 3.06. The van der Waals surface area contributed by atoms with Gasteiger partial charge in [0.1, 0.15) is 0 Å². The average molecular weight is 297 g/mol. The van der Waals surface area contributed by atoms with Crippen molar-refractivity contribution in [3.8, 4) is 11.4 Å². The van der Waals surface area contributed by atoms with Gasteiger partial charge in [-0.15, -0.1) is 0 Å². The highest BCUT2D eigenvalue weighted by Crippen LogP contribution is 2.19. The van der Waals surface area contributed by atoms with Crippen molar-refractivity contribution < 1.29 is 4.52 Å². The van der Waals surface area contributed by atoms with Crippen LogP contribution < -0.4 is 0 Å². The standard InChI is InChI=1S/C17H13ClN2O/c1-12-6-8-14(9-7-12)17-19-16(21-20-17)11-10-13-4-2-3-5-15(13)18/h2-11H,1H3/b11-10+. The number of benzene rings is 2. The van der Waals surface area contributed by atoms with Gasteiger partial charge in [-0.1, -0.05) is 64.8 Å². The molecule has 0 spiro atoms. The maximum atomic E-state index is 6.09. The Hall–Kier alpha value is -2.39. The number of nitrogens with zero attached hydrogens (tertiary/aromatic N) is 2. The van der Waals surface area contributed by atoms with Gasteiger partial charge in [-0.05, 0) is 24.6 Å². The van der Waals surface area contributed by atoms with E-state index in [-0.39, 0.29) is 0 Å². The summed E-state index contributed by atoms with van der Waals surface area (Å²) < 4.78 is 5.22. The number of aromatic nitrogens is 2. The van der Waals surface area contributed by atoms with Crippen LogP contribution in [0.1, 0.15) is 17.0 Å². The van der Waals surface area contributed by atoms with Crippen LogP contribution in [0.25, 0.3) is 23.5 Å². The molecule has 21 heavy (non-hydrogen) atoms. The molecule has 0 N–H and O–H groups in total. The van der Waals surface area contributed by atoms with E-state index in [4.69, 9.17) is 16.1 Å². The van der Waals surface area contributed by atoms with E-state index in [0.29, 0.717) is 16.7 Å². The largest absolute Gasteiger partial charge is 0.334 e. The summed E-state index contributed by atoms with van der Waals surface area (Å²) in [6.45, 7) is 2.04. The summed E-state index contributed by atoms with van der Waals surface area (Å²) in [5.74, 6) is 1.03. The maximum Gasteiger partial charge on any atom is 0.250 e. The lowest BCUT2D eigenvalue weighted by Gasteiger charge is -1.95. The molecule has 3 rings (SSSR count). The van der Waals surface area contributed by atoms with Crippen LogP contribution in [0.4, 0.5) is 0 Å². The van der Waals surface area contributed by atoms with E-state index in [2.05, 4.69) is 10.1 Å². The van der Waals surface area contributed by atoms with Crippen LogP contribution in [-0.2, 0) is 0 Å².